The molecule has 7 nitrogen and oxygen atoms in total. The Balaban J connectivity index is 1.67. The second-order valence-electron chi connectivity index (χ2n) is 9.02. The van der Waals surface area contributed by atoms with Crippen LogP contribution in [0.5, 0.6) is 0 Å². The Labute approximate surface area is 178 Å². The van der Waals surface area contributed by atoms with Crippen molar-refractivity contribution in [3.63, 3.8) is 0 Å². The normalized spacial score (nSPS) is 19.6. The molecule has 1 aliphatic rings. The number of hydrogen-bond donors (Lipinski definition) is 1. The zero-order chi connectivity index (χ0) is 21.9. The van der Waals surface area contributed by atoms with Crippen LogP contribution in [0.4, 0.5) is 5.82 Å². The lowest BCUT2D eigenvalue weighted by Crippen LogP contribution is -2.48. The van der Waals surface area contributed by atoms with E-state index in [1.54, 1.807) is 9.58 Å². The average molecular weight is 413 g/mol. The summed E-state index contributed by atoms with van der Waals surface area (Å²) in [4.78, 5) is 27.0. The van der Waals surface area contributed by atoms with Crippen LogP contribution in [0.25, 0.3) is 5.69 Å². The van der Waals surface area contributed by atoms with Crippen molar-refractivity contribution in [2.45, 2.75) is 65.1 Å². The quantitative estimate of drug-likeness (QED) is 0.815. The van der Waals surface area contributed by atoms with Gasteiger partial charge in [0.25, 0.3) is 0 Å². The Morgan fingerprint density at radius 1 is 1.10 bits per heavy atom. The third-order valence-corrected chi connectivity index (χ3v) is 5.08. The Hall–Kier alpha value is -2.67. The fraction of sp³-hybridized carbons (Fsp3) is 0.522. The maximum absolute atomic E-state index is 12.6. The van der Waals surface area contributed by atoms with Crippen molar-refractivity contribution in [1.82, 2.24) is 14.7 Å². The van der Waals surface area contributed by atoms with Gasteiger partial charge in [0.1, 0.15) is 5.82 Å². The first-order valence-corrected chi connectivity index (χ1v) is 10.5. The van der Waals surface area contributed by atoms with Crippen LogP contribution < -0.4 is 5.32 Å². The van der Waals surface area contributed by atoms with Gasteiger partial charge < -0.3 is 15.0 Å². The fourth-order valence-corrected chi connectivity index (χ4v) is 3.57. The fourth-order valence-electron chi connectivity index (χ4n) is 3.57. The summed E-state index contributed by atoms with van der Waals surface area (Å²) in [5.74, 6) is 0.395. The molecule has 2 atom stereocenters. The SMILES string of the molecule is CC1CN(C(=O)CCC(=O)Nc2cc(C(C)(C)C)nn2-c2ccccc2)CC(C)O1. The molecule has 7 heteroatoms. The number of nitrogens with zero attached hydrogens (tertiary/aromatic N) is 3. The minimum Gasteiger partial charge on any atom is -0.372 e. The van der Waals surface area contributed by atoms with Gasteiger partial charge in [-0.1, -0.05) is 39.0 Å². The van der Waals surface area contributed by atoms with Crippen LogP contribution in [0.2, 0.25) is 0 Å². The summed E-state index contributed by atoms with van der Waals surface area (Å²) in [7, 11) is 0. The molecule has 0 aliphatic carbocycles. The van der Waals surface area contributed by atoms with Crippen LogP contribution >= 0.6 is 0 Å². The van der Waals surface area contributed by atoms with Crippen LogP contribution in [0.3, 0.4) is 0 Å². The molecule has 2 aromatic rings. The molecule has 2 amide bonds. The van der Waals surface area contributed by atoms with Crippen LogP contribution in [0.15, 0.2) is 36.4 Å². The minimum absolute atomic E-state index is 0.0147. The minimum atomic E-state index is -0.199. The lowest BCUT2D eigenvalue weighted by Gasteiger charge is -2.35. The number of carbonyl (C=O) groups excluding carboxylic acids is 2. The summed E-state index contributed by atoms with van der Waals surface area (Å²) in [5, 5.41) is 7.65. The number of hydrogen-bond acceptors (Lipinski definition) is 4. The molecular formula is C23H32N4O3. The van der Waals surface area contributed by atoms with Crippen molar-refractivity contribution in [2.75, 3.05) is 18.4 Å². The maximum Gasteiger partial charge on any atom is 0.226 e. The number of aromatic nitrogens is 2. The maximum atomic E-state index is 12.6. The number of rotatable bonds is 5. The number of nitrogens with one attached hydrogen (secondary N) is 1. The van der Waals surface area contributed by atoms with Gasteiger partial charge in [-0.3, -0.25) is 9.59 Å². The molecule has 1 aromatic heterocycles. The number of benzene rings is 1. The number of morpholine rings is 1. The van der Waals surface area contributed by atoms with Gasteiger partial charge in [0.2, 0.25) is 11.8 Å². The summed E-state index contributed by atoms with van der Waals surface area (Å²) >= 11 is 0. The smallest absolute Gasteiger partial charge is 0.226 e. The predicted molar refractivity (Wildman–Crippen MR) is 117 cm³/mol. The molecule has 1 fully saturated rings. The largest absolute Gasteiger partial charge is 0.372 e. The van der Waals surface area contributed by atoms with Crippen molar-refractivity contribution < 1.29 is 14.3 Å². The van der Waals surface area contributed by atoms with E-state index in [9.17, 15) is 9.59 Å². The molecule has 0 radical (unpaired) electrons. The van der Waals surface area contributed by atoms with E-state index in [-0.39, 0.29) is 42.3 Å². The van der Waals surface area contributed by atoms with Crippen LogP contribution in [0, 0.1) is 0 Å². The summed E-state index contributed by atoms with van der Waals surface area (Å²) in [6, 6.07) is 11.6. The Morgan fingerprint density at radius 2 is 1.73 bits per heavy atom. The van der Waals surface area contributed by atoms with E-state index >= 15 is 0 Å². The van der Waals surface area contributed by atoms with Gasteiger partial charge >= 0.3 is 0 Å². The number of anilines is 1. The second-order valence-corrected chi connectivity index (χ2v) is 9.02. The zero-order valence-electron chi connectivity index (χ0n) is 18.5. The molecule has 0 saturated carbocycles. The molecular weight excluding hydrogens is 380 g/mol. The molecule has 0 bridgehead atoms. The standard InChI is InChI=1S/C23H32N4O3/c1-16-14-26(15-17(2)30-16)22(29)12-11-21(28)24-20-13-19(23(3,4)5)25-27(20)18-9-7-6-8-10-18/h6-10,13,16-17H,11-12,14-15H2,1-5H3,(H,24,28). The molecule has 1 aromatic carbocycles. The lowest BCUT2D eigenvalue weighted by molar-refractivity contribution is -0.144. The van der Waals surface area contributed by atoms with Gasteiger partial charge in [0.15, 0.2) is 0 Å². The first kappa shape index (κ1) is 22.0. The first-order chi connectivity index (χ1) is 14.1. The Kier molecular flexibility index (Phi) is 6.61. The Morgan fingerprint density at radius 3 is 2.33 bits per heavy atom. The number of carbonyl (C=O) groups is 2. The monoisotopic (exact) mass is 412 g/mol. The highest BCUT2D eigenvalue weighted by atomic mass is 16.5. The number of ether oxygens (including phenoxy) is 1. The van der Waals surface area contributed by atoms with Crippen LogP contribution in [-0.2, 0) is 19.7 Å². The molecule has 2 unspecified atom stereocenters. The topological polar surface area (TPSA) is 76.5 Å². The van der Waals surface area contributed by atoms with E-state index in [2.05, 4.69) is 26.1 Å². The Bertz CT molecular complexity index is 876. The molecule has 2 heterocycles. The zero-order valence-corrected chi connectivity index (χ0v) is 18.5. The van der Waals surface area contributed by atoms with Crippen molar-refractivity contribution in [2.24, 2.45) is 0 Å². The van der Waals surface area contributed by atoms with Crippen molar-refractivity contribution in [3.05, 3.63) is 42.1 Å². The molecule has 1 N–H and O–H groups in total. The van der Waals surface area contributed by atoms with Gasteiger partial charge in [-0.2, -0.15) is 5.10 Å². The van der Waals surface area contributed by atoms with E-state index in [0.29, 0.717) is 18.9 Å². The first-order valence-electron chi connectivity index (χ1n) is 10.5. The van der Waals surface area contributed by atoms with Crippen molar-refractivity contribution in [3.8, 4) is 5.69 Å². The van der Waals surface area contributed by atoms with E-state index in [1.807, 2.05) is 50.2 Å². The highest BCUT2D eigenvalue weighted by Gasteiger charge is 2.26. The molecule has 1 aliphatic heterocycles. The average Bonchev–Trinajstić information content (AvgIpc) is 3.10. The van der Waals surface area contributed by atoms with Gasteiger partial charge in [0, 0.05) is 37.4 Å². The van der Waals surface area contributed by atoms with Gasteiger partial charge in [-0.15, -0.1) is 0 Å². The van der Waals surface area contributed by atoms with Gasteiger partial charge in [-0.25, -0.2) is 4.68 Å². The predicted octanol–water partition coefficient (Wildman–Crippen LogP) is 3.52. The highest BCUT2D eigenvalue weighted by molar-refractivity contribution is 5.93. The second kappa shape index (κ2) is 9.00. The van der Waals surface area contributed by atoms with E-state index in [4.69, 9.17) is 9.84 Å². The summed E-state index contributed by atoms with van der Waals surface area (Å²) < 4.78 is 7.41. The van der Waals surface area contributed by atoms with E-state index in [1.165, 1.54) is 0 Å². The molecule has 1 saturated heterocycles. The molecule has 30 heavy (non-hydrogen) atoms. The van der Waals surface area contributed by atoms with E-state index in [0.717, 1.165) is 11.4 Å². The summed E-state index contributed by atoms with van der Waals surface area (Å²) in [6.45, 7) is 11.3. The van der Waals surface area contributed by atoms with Gasteiger partial charge in [0.05, 0.1) is 23.6 Å². The van der Waals surface area contributed by atoms with Crippen LogP contribution in [-0.4, -0.2) is 51.8 Å². The number of para-hydroxylation sites is 1. The number of amides is 2. The third kappa shape index (κ3) is 5.48. The van der Waals surface area contributed by atoms with Crippen molar-refractivity contribution in [1.29, 1.82) is 0 Å². The molecule has 3 rings (SSSR count). The lowest BCUT2D eigenvalue weighted by atomic mass is 9.92. The van der Waals surface area contributed by atoms with Crippen LogP contribution in [0.1, 0.15) is 53.2 Å². The van der Waals surface area contributed by atoms with E-state index < -0.39 is 0 Å². The van der Waals surface area contributed by atoms with Crippen molar-refractivity contribution >= 4 is 17.6 Å². The molecule has 162 valence electrons. The summed E-state index contributed by atoms with van der Waals surface area (Å²) in [6.07, 6.45) is 0.339. The summed E-state index contributed by atoms with van der Waals surface area (Å²) in [5.41, 5.74) is 1.60. The van der Waals surface area contributed by atoms with Gasteiger partial charge in [-0.05, 0) is 26.0 Å². The third-order valence-electron chi connectivity index (χ3n) is 5.08. The highest BCUT2D eigenvalue weighted by Crippen LogP contribution is 2.26. The molecule has 0 spiro atoms.